The number of hydrogen-bond acceptors (Lipinski definition) is 1. The molecular formula is C18H22NO+. The van der Waals surface area contributed by atoms with Crippen LogP contribution in [0.5, 0.6) is 0 Å². The second kappa shape index (κ2) is 5.39. The quantitative estimate of drug-likeness (QED) is 0.897. The molecule has 1 N–H and O–H groups in total. The minimum atomic E-state index is -0.0403. The van der Waals surface area contributed by atoms with Gasteiger partial charge in [-0.2, -0.15) is 0 Å². The molecule has 1 aliphatic rings. The molecule has 2 aromatic carbocycles. The van der Waals surface area contributed by atoms with E-state index in [1.807, 2.05) is 0 Å². The van der Waals surface area contributed by atoms with Crippen LogP contribution in [-0.2, 0) is 10.2 Å². The maximum Gasteiger partial charge on any atom is 0.205 e. The van der Waals surface area contributed by atoms with Crippen LogP contribution in [0, 0.1) is 0 Å². The van der Waals surface area contributed by atoms with E-state index >= 15 is 0 Å². The van der Waals surface area contributed by atoms with E-state index in [9.17, 15) is 0 Å². The fraction of sp³-hybridized carbons (Fsp3) is 0.333. The molecule has 20 heavy (non-hydrogen) atoms. The molecule has 1 heterocycles. The topological polar surface area (TPSA) is 13.7 Å². The Morgan fingerprint density at radius 1 is 0.900 bits per heavy atom. The van der Waals surface area contributed by atoms with E-state index in [0.717, 1.165) is 13.0 Å². The van der Waals surface area contributed by atoms with Crippen LogP contribution >= 0.6 is 0 Å². The van der Waals surface area contributed by atoms with Crippen LogP contribution in [0.25, 0.3) is 0 Å². The van der Waals surface area contributed by atoms with E-state index in [1.165, 1.54) is 16.0 Å². The Balaban J connectivity index is 2.18. The van der Waals surface area contributed by atoms with E-state index < -0.39 is 0 Å². The molecule has 0 radical (unpaired) electrons. The lowest BCUT2D eigenvalue weighted by molar-refractivity contribution is -0.913. The standard InChI is InChI=1S/C18H21NO/c1-19(2)17-18(13-14-20-17,15-9-5-3-6-10-15)16-11-7-4-8-12-16/h3-12,17H,13-14H2,1-2H3/p+1. The Kier molecular flexibility index (Phi) is 3.60. The van der Waals surface area contributed by atoms with Gasteiger partial charge in [0.2, 0.25) is 6.23 Å². The van der Waals surface area contributed by atoms with Crippen LogP contribution in [0.2, 0.25) is 0 Å². The Labute approximate surface area is 121 Å². The van der Waals surface area contributed by atoms with Crippen LogP contribution in [0.15, 0.2) is 60.7 Å². The van der Waals surface area contributed by atoms with Gasteiger partial charge in [0.05, 0.1) is 20.7 Å². The molecule has 1 atom stereocenters. The lowest BCUT2D eigenvalue weighted by Crippen LogP contribution is -3.12. The summed E-state index contributed by atoms with van der Waals surface area (Å²) in [5, 5.41) is 0. The summed E-state index contributed by atoms with van der Waals surface area (Å²) in [6.45, 7) is 0.819. The van der Waals surface area contributed by atoms with Crippen molar-refractivity contribution in [1.29, 1.82) is 0 Å². The summed E-state index contributed by atoms with van der Waals surface area (Å²) in [4.78, 5) is 1.34. The van der Waals surface area contributed by atoms with Crippen LogP contribution in [0.4, 0.5) is 0 Å². The first-order valence-electron chi connectivity index (χ1n) is 7.28. The summed E-state index contributed by atoms with van der Waals surface area (Å²) >= 11 is 0. The van der Waals surface area contributed by atoms with Crippen molar-refractivity contribution in [2.45, 2.75) is 18.1 Å². The van der Waals surface area contributed by atoms with Gasteiger partial charge in [0.1, 0.15) is 5.41 Å². The van der Waals surface area contributed by atoms with Crippen LogP contribution in [0.3, 0.4) is 0 Å². The van der Waals surface area contributed by atoms with Crippen LogP contribution < -0.4 is 4.90 Å². The first-order valence-corrected chi connectivity index (χ1v) is 7.28. The van der Waals surface area contributed by atoms with Crippen molar-refractivity contribution in [3.05, 3.63) is 71.8 Å². The third kappa shape index (κ3) is 2.05. The normalized spacial score (nSPS) is 21.2. The summed E-state index contributed by atoms with van der Waals surface area (Å²) in [5.74, 6) is 0. The third-order valence-electron chi connectivity index (χ3n) is 4.33. The molecule has 0 amide bonds. The first-order chi connectivity index (χ1) is 9.75. The highest BCUT2D eigenvalue weighted by molar-refractivity contribution is 5.41. The summed E-state index contributed by atoms with van der Waals surface area (Å²) < 4.78 is 6.10. The zero-order valence-electron chi connectivity index (χ0n) is 12.2. The van der Waals surface area contributed by atoms with Gasteiger partial charge in [-0.05, 0) is 17.5 Å². The maximum absolute atomic E-state index is 6.10. The van der Waals surface area contributed by atoms with Gasteiger partial charge in [-0.3, -0.25) is 0 Å². The van der Waals surface area contributed by atoms with Gasteiger partial charge in [0.15, 0.2) is 0 Å². The Bertz CT molecular complexity index is 511. The molecule has 1 unspecified atom stereocenters. The Hall–Kier alpha value is -1.64. The average molecular weight is 268 g/mol. The van der Waals surface area contributed by atoms with Crippen molar-refractivity contribution in [3.63, 3.8) is 0 Å². The Morgan fingerprint density at radius 2 is 1.40 bits per heavy atom. The summed E-state index contributed by atoms with van der Waals surface area (Å²) in [7, 11) is 4.35. The van der Waals surface area contributed by atoms with E-state index in [2.05, 4.69) is 74.8 Å². The predicted octanol–water partition coefficient (Wildman–Crippen LogP) is 1.86. The largest absolute Gasteiger partial charge is 0.328 e. The minimum Gasteiger partial charge on any atom is -0.328 e. The molecule has 3 rings (SSSR count). The predicted molar refractivity (Wildman–Crippen MR) is 80.8 cm³/mol. The number of hydrogen-bond donors (Lipinski definition) is 1. The van der Waals surface area contributed by atoms with E-state index in [4.69, 9.17) is 4.74 Å². The zero-order chi connectivity index (χ0) is 14.0. The molecule has 1 aliphatic heterocycles. The highest BCUT2D eigenvalue weighted by Crippen LogP contribution is 2.42. The number of nitrogens with one attached hydrogen (secondary N) is 1. The molecule has 1 fully saturated rings. The molecular weight excluding hydrogens is 246 g/mol. The highest BCUT2D eigenvalue weighted by Gasteiger charge is 2.50. The van der Waals surface area contributed by atoms with Gasteiger partial charge in [-0.1, -0.05) is 60.7 Å². The lowest BCUT2D eigenvalue weighted by atomic mass is 9.71. The van der Waals surface area contributed by atoms with Crippen molar-refractivity contribution in [1.82, 2.24) is 0 Å². The van der Waals surface area contributed by atoms with Gasteiger partial charge in [-0.15, -0.1) is 0 Å². The number of likely N-dealkylation sites (N-methyl/N-ethyl adjacent to an activating group) is 1. The number of quaternary nitrogens is 1. The monoisotopic (exact) mass is 268 g/mol. The minimum absolute atomic E-state index is 0.0403. The molecule has 0 saturated carbocycles. The Morgan fingerprint density at radius 3 is 1.85 bits per heavy atom. The van der Waals surface area contributed by atoms with E-state index in [0.29, 0.717) is 0 Å². The molecule has 2 nitrogen and oxygen atoms in total. The summed E-state index contributed by atoms with van der Waals surface area (Å²) in [6.07, 6.45) is 1.20. The number of rotatable bonds is 3. The van der Waals surface area contributed by atoms with Crippen LogP contribution in [0.1, 0.15) is 17.5 Å². The van der Waals surface area contributed by atoms with Gasteiger partial charge in [0.25, 0.3) is 0 Å². The molecule has 104 valence electrons. The van der Waals surface area contributed by atoms with Crippen molar-refractivity contribution in [2.75, 3.05) is 20.7 Å². The fourth-order valence-corrected chi connectivity index (χ4v) is 3.50. The van der Waals surface area contributed by atoms with Gasteiger partial charge < -0.3 is 9.64 Å². The summed E-state index contributed by atoms with van der Waals surface area (Å²) in [6, 6.07) is 21.6. The molecule has 0 aromatic heterocycles. The number of ether oxygens (including phenoxy) is 1. The van der Waals surface area contributed by atoms with Gasteiger partial charge in [-0.25, -0.2) is 0 Å². The van der Waals surface area contributed by atoms with Crippen molar-refractivity contribution in [3.8, 4) is 0 Å². The second-order valence-electron chi connectivity index (χ2n) is 5.78. The molecule has 0 aliphatic carbocycles. The van der Waals surface area contributed by atoms with Crippen molar-refractivity contribution in [2.24, 2.45) is 0 Å². The molecule has 0 bridgehead atoms. The van der Waals surface area contributed by atoms with E-state index in [-0.39, 0.29) is 11.6 Å². The number of benzene rings is 2. The van der Waals surface area contributed by atoms with Crippen LogP contribution in [-0.4, -0.2) is 26.9 Å². The van der Waals surface area contributed by atoms with Gasteiger partial charge in [0, 0.05) is 0 Å². The highest BCUT2D eigenvalue weighted by atomic mass is 16.5. The maximum atomic E-state index is 6.10. The summed E-state index contributed by atoms with van der Waals surface area (Å²) in [5.41, 5.74) is 2.67. The third-order valence-corrected chi connectivity index (χ3v) is 4.33. The molecule has 2 aromatic rings. The second-order valence-corrected chi connectivity index (χ2v) is 5.78. The zero-order valence-corrected chi connectivity index (χ0v) is 12.2. The smallest absolute Gasteiger partial charge is 0.205 e. The molecule has 2 heteroatoms. The van der Waals surface area contributed by atoms with Gasteiger partial charge >= 0.3 is 0 Å². The molecule has 0 spiro atoms. The SMILES string of the molecule is C[NH+](C)C1OCCC1(c1ccccc1)c1ccccc1. The lowest BCUT2D eigenvalue weighted by Gasteiger charge is -2.35. The molecule has 1 saturated heterocycles. The van der Waals surface area contributed by atoms with Crippen molar-refractivity contribution >= 4 is 0 Å². The fourth-order valence-electron chi connectivity index (χ4n) is 3.50. The first kappa shape index (κ1) is 13.3. The average Bonchev–Trinajstić information content (AvgIpc) is 2.95. The van der Waals surface area contributed by atoms with E-state index in [1.54, 1.807) is 0 Å². The van der Waals surface area contributed by atoms with Crippen molar-refractivity contribution < 1.29 is 9.64 Å².